The van der Waals surface area contributed by atoms with Crippen LogP contribution in [0.4, 0.5) is 4.39 Å². The smallest absolute Gasteiger partial charge is 0.335 e. The van der Waals surface area contributed by atoms with E-state index in [1.54, 1.807) is 58.9 Å². The van der Waals surface area contributed by atoms with Crippen LogP contribution in [-0.4, -0.2) is 61.0 Å². The number of hydrogen-bond donors (Lipinski definition) is 2. The maximum atomic E-state index is 14.0. The maximum Gasteiger partial charge on any atom is 0.335 e. The zero-order valence-corrected chi connectivity index (χ0v) is 21.0. The van der Waals surface area contributed by atoms with E-state index in [0.29, 0.717) is 46.5 Å². The molecular weight excluding hydrogens is 489 g/mol. The zero-order chi connectivity index (χ0) is 26.8. The van der Waals surface area contributed by atoms with Gasteiger partial charge in [0.05, 0.1) is 41.6 Å². The number of rotatable bonds is 5. The second-order valence-corrected chi connectivity index (χ2v) is 10.1. The predicted molar refractivity (Wildman–Crippen MR) is 136 cm³/mol. The molecule has 10 heteroatoms. The summed E-state index contributed by atoms with van der Waals surface area (Å²) in [5.74, 6) is -1.80. The molecule has 0 spiro atoms. The number of carboxylic acids is 1. The lowest BCUT2D eigenvalue weighted by molar-refractivity contribution is 0.0669. The number of carbonyl (C=O) groups is 3. The Balaban J connectivity index is 1.26. The minimum Gasteiger partial charge on any atom is -0.478 e. The highest BCUT2D eigenvalue weighted by molar-refractivity contribution is 5.99. The Kier molecular flexibility index (Phi) is 5.37. The van der Waals surface area contributed by atoms with E-state index in [1.165, 1.54) is 12.1 Å². The highest BCUT2D eigenvalue weighted by Gasteiger charge is 2.50. The number of carboxylic acid groups (broad SMARTS) is 1. The lowest BCUT2D eigenvalue weighted by Crippen LogP contribution is -2.41. The number of fused-ring (bicyclic) bond motifs is 2. The molecule has 0 bridgehead atoms. The van der Waals surface area contributed by atoms with Crippen LogP contribution in [0, 0.1) is 12.7 Å². The van der Waals surface area contributed by atoms with Crippen LogP contribution in [0.2, 0.25) is 0 Å². The van der Waals surface area contributed by atoms with Gasteiger partial charge in [-0.3, -0.25) is 14.3 Å². The molecule has 3 heterocycles. The summed E-state index contributed by atoms with van der Waals surface area (Å²) in [6.45, 7) is 2.75. The van der Waals surface area contributed by atoms with Crippen molar-refractivity contribution in [1.82, 2.24) is 24.6 Å². The van der Waals surface area contributed by atoms with E-state index in [2.05, 4.69) is 10.1 Å². The molecule has 1 fully saturated rings. The van der Waals surface area contributed by atoms with E-state index >= 15 is 0 Å². The lowest BCUT2D eigenvalue weighted by atomic mass is 9.99. The fourth-order valence-corrected chi connectivity index (χ4v) is 5.46. The number of benzene rings is 2. The molecule has 2 amide bonds. The van der Waals surface area contributed by atoms with Crippen LogP contribution in [-0.2, 0) is 18.6 Å². The topological polar surface area (TPSA) is 112 Å². The number of hydrogen-bond acceptors (Lipinski definition) is 4. The van der Waals surface area contributed by atoms with E-state index in [1.807, 2.05) is 6.07 Å². The first-order valence-corrected chi connectivity index (χ1v) is 12.4. The first kappa shape index (κ1) is 23.9. The summed E-state index contributed by atoms with van der Waals surface area (Å²) < 4.78 is 15.7. The Morgan fingerprint density at radius 1 is 1.13 bits per heavy atom. The number of amides is 2. The molecule has 2 aliphatic rings. The third-order valence-electron chi connectivity index (χ3n) is 7.94. The third-order valence-corrected chi connectivity index (χ3v) is 7.94. The van der Waals surface area contributed by atoms with Gasteiger partial charge in [0.15, 0.2) is 0 Å². The molecule has 1 aliphatic heterocycles. The Morgan fingerprint density at radius 3 is 2.66 bits per heavy atom. The fraction of sp³-hybridized carbons (Fsp3) is 0.286. The van der Waals surface area contributed by atoms with Crippen molar-refractivity contribution in [3.8, 4) is 0 Å². The van der Waals surface area contributed by atoms with Crippen LogP contribution < -0.4 is 0 Å². The van der Waals surface area contributed by atoms with Gasteiger partial charge in [0.2, 0.25) is 0 Å². The molecule has 1 saturated carbocycles. The maximum absolute atomic E-state index is 14.0. The molecule has 2 aromatic heterocycles. The van der Waals surface area contributed by atoms with Crippen LogP contribution in [0.5, 0.6) is 0 Å². The molecule has 38 heavy (non-hydrogen) atoms. The molecule has 0 unspecified atom stereocenters. The van der Waals surface area contributed by atoms with E-state index in [4.69, 9.17) is 0 Å². The predicted octanol–water partition coefficient (Wildman–Crippen LogP) is 3.93. The quantitative estimate of drug-likeness (QED) is 0.418. The first-order valence-electron chi connectivity index (χ1n) is 12.4. The Hall–Kier alpha value is -4.47. The van der Waals surface area contributed by atoms with Gasteiger partial charge < -0.3 is 19.9 Å². The largest absolute Gasteiger partial charge is 0.478 e. The molecule has 0 saturated heterocycles. The SMILES string of the molecule is Cc1c(F)ccc2[nH]c(C(=O)N3CCn4ncc(C(=O)N(C)C5(c6cccc(C(=O)O)c6)CC5)c4C3)cc12. The minimum absolute atomic E-state index is 0.182. The molecule has 0 radical (unpaired) electrons. The molecule has 2 aromatic carbocycles. The molecule has 0 atom stereocenters. The van der Waals surface area contributed by atoms with Crippen molar-refractivity contribution >= 4 is 28.7 Å². The van der Waals surface area contributed by atoms with Gasteiger partial charge >= 0.3 is 5.97 Å². The van der Waals surface area contributed by atoms with Crippen LogP contribution in [0.1, 0.15) is 60.9 Å². The lowest BCUT2D eigenvalue weighted by Gasteiger charge is -2.31. The number of nitrogens with zero attached hydrogens (tertiary/aromatic N) is 4. The second kappa shape index (κ2) is 8.54. The number of aryl methyl sites for hydroxylation is 1. The summed E-state index contributed by atoms with van der Waals surface area (Å²) in [6.07, 6.45) is 3.00. The van der Waals surface area contributed by atoms with Gasteiger partial charge in [0.1, 0.15) is 11.5 Å². The van der Waals surface area contributed by atoms with Crippen LogP contribution in [0.25, 0.3) is 10.9 Å². The van der Waals surface area contributed by atoms with Crippen molar-refractivity contribution in [2.45, 2.75) is 38.4 Å². The molecule has 9 nitrogen and oxygen atoms in total. The van der Waals surface area contributed by atoms with E-state index < -0.39 is 11.5 Å². The van der Waals surface area contributed by atoms with Gasteiger partial charge in [0, 0.05) is 24.5 Å². The average Bonchev–Trinajstić information content (AvgIpc) is 3.44. The standard InChI is InChI=1S/C28H26FN5O4/c1-16-19-13-23(31-22(19)7-6-21(16)29)26(36)33-10-11-34-24(15-33)20(14-30-34)25(35)32(2)28(8-9-28)18-5-3-4-17(12-18)27(37)38/h3-7,12-14,31H,8-11,15H2,1-2H3,(H,37,38). The first-order chi connectivity index (χ1) is 18.2. The van der Waals surface area contributed by atoms with Gasteiger partial charge in [-0.2, -0.15) is 5.10 Å². The van der Waals surface area contributed by atoms with Crippen LogP contribution in [0.15, 0.2) is 48.7 Å². The number of H-pyrrole nitrogens is 1. The Morgan fingerprint density at radius 2 is 1.92 bits per heavy atom. The van der Waals surface area contributed by atoms with Crippen molar-refractivity contribution in [3.05, 3.63) is 88.1 Å². The summed E-state index contributed by atoms with van der Waals surface area (Å²) in [5, 5.41) is 14.5. The monoisotopic (exact) mass is 515 g/mol. The van der Waals surface area contributed by atoms with Crippen molar-refractivity contribution in [2.75, 3.05) is 13.6 Å². The molecule has 6 rings (SSSR count). The number of aromatic amines is 1. The Labute approximate surface area is 217 Å². The highest BCUT2D eigenvalue weighted by Crippen LogP contribution is 2.51. The number of nitrogens with one attached hydrogen (secondary N) is 1. The Bertz CT molecular complexity index is 1630. The second-order valence-electron chi connectivity index (χ2n) is 10.1. The van der Waals surface area contributed by atoms with E-state index in [9.17, 15) is 23.9 Å². The van der Waals surface area contributed by atoms with Crippen LogP contribution >= 0.6 is 0 Å². The number of halogens is 1. The summed E-state index contributed by atoms with van der Waals surface area (Å²) in [6, 6.07) is 11.4. The van der Waals surface area contributed by atoms with Crippen molar-refractivity contribution < 1.29 is 23.9 Å². The number of carbonyl (C=O) groups excluding carboxylic acids is 2. The molecule has 1 aliphatic carbocycles. The molecule has 4 aromatic rings. The summed E-state index contributed by atoms with van der Waals surface area (Å²) in [5.41, 5.74) is 3.00. The molecule has 194 valence electrons. The van der Waals surface area contributed by atoms with Gasteiger partial charge in [-0.1, -0.05) is 12.1 Å². The van der Waals surface area contributed by atoms with E-state index in [-0.39, 0.29) is 29.7 Å². The number of aromatic carboxylic acids is 1. The van der Waals surface area contributed by atoms with Gasteiger partial charge in [-0.15, -0.1) is 0 Å². The van der Waals surface area contributed by atoms with Gasteiger partial charge in [0.25, 0.3) is 11.8 Å². The van der Waals surface area contributed by atoms with Crippen molar-refractivity contribution in [3.63, 3.8) is 0 Å². The minimum atomic E-state index is -1.01. The highest BCUT2D eigenvalue weighted by atomic mass is 19.1. The third kappa shape index (κ3) is 3.67. The zero-order valence-electron chi connectivity index (χ0n) is 21.0. The molecule has 2 N–H and O–H groups in total. The number of aromatic nitrogens is 3. The summed E-state index contributed by atoms with van der Waals surface area (Å²) >= 11 is 0. The summed E-state index contributed by atoms with van der Waals surface area (Å²) in [4.78, 5) is 45.0. The van der Waals surface area contributed by atoms with Crippen LogP contribution in [0.3, 0.4) is 0 Å². The van der Waals surface area contributed by atoms with Gasteiger partial charge in [-0.25, -0.2) is 9.18 Å². The summed E-state index contributed by atoms with van der Waals surface area (Å²) in [7, 11) is 1.73. The van der Waals surface area contributed by atoms with Crippen molar-refractivity contribution in [2.24, 2.45) is 0 Å². The van der Waals surface area contributed by atoms with E-state index in [0.717, 1.165) is 18.4 Å². The fourth-order valence-electron chi connectivity index (χ4n) is 5.46. The molecular formula is C28H26FN5O4. The normalized spacial score (nSPS) is 15.8. The van der Waals surface area contributed by atoms with Gasteiger partial charge in [-0.05, 0) is 61.2 Å². The van der Waals surface area contributed by atoms with Crippen molar-refractivity contribution in [1.29, 1.82) is 0 Å². The average molecular weight is 516 g/mol.